The van der Waals surface area contributed by atoms with Gasteiger partial charge in [0.2, 0.25) is 10.0 Å². The Bertz CT molecular complexity index is 1920. The lowest BCUT2D eigenvalue weighted by molar-refractivity contribution is -0.137. The highest BCUT2D eigenvalue weighted by Gasteiger charge is 2.31. The smallest absolute Gasteiger partial charge is 0.357 e. The van der Waals surface area contributed by atoms with Crippen molar-refractivity contribution < 1.29 is 26.0 Å². The predicted molar refractivity (Wildman–Crippen MR) is 139 cm³/mol. The van der Waals surface area contributed by atoms with Crippen molar-refractivity contribution in [2.24, 2.45) is 12.2 Å². The molecule has 3 heterocycles. The summed E-state index contributed by atoms with van der Waals surface area (Å²) in [6.45, 7) is 1.54. The van der Waals surface area contributed by atoms with E-state index in [2.05, 4.69) is 9.97 Å². The molecule has 0 spiro atoms. The molecule has 5 rings (SSSR count). The lowest BCUT2D eigenvalue weighted by Gasteiger charge is -2.13. The van der Waals surface area contributed by atoms with Crippen LogP contribution in [0.1, 0.15) is 22.5 Å². The van der Waals surface area contributed by atoms with Gasteiger partial charge in [-0.15, -0.1) is 0 Å². The van der Waals surface area contributed by atoms with Gasteiger partial charge in [0.1, 0.15) is 17.2 Å². The number of primary sulfonamides is 1. The average Bonchev–Trinajstić information content (AvgIpc) is 3.44. The molecule has 0 unspecified atom stereocenters. The number of pyridine rings is 1. The Morgan fingerprint density at radius 2 is 1.87 bits per heavy atom. The zero-order valence-electron chi connectivity index (χ0n) is 20.8. The minimum atomic E-state index is -4.72. The summed E-state index contributed by atoms with van der Waals surface area (Å²) in [5.74, 6) is -0.941. The first kappa shape index (κ1) is 26.6. The van der Waals surface area contributed by atoms with Crippen molar-refractivity contribution in [2.45, 2.75) is 26.1 Å². The summed E-state index contributed by atoms with van der Waals surface area (Å²) in [5, 5.41) is 5.89. The molecule has 39 heavy (non-hydrogen) atoms. The molecule has 0 saturated heterocycles. The zero-order chi connectivity index (χ0) is 28.3. The number of hydrogen-bond donors (Lipinski definition) is 2. The summed E-state index contributed by atoms with van der Waals surface area (Å²) >= 11 is 0. The molecule has 204 valence electrons. The number of nitrogens with two attached hydrogens (primary N) is 1. The molecule has 0 saturated carbocycles. The number of fused-ring (bicyclic) bond motifs is 2. The van der Waals surface area contributed by atoms with Crippen molar-refractivity contribution in [3.05, 3.63) is 87.5 Å². The summed E-state index contributed by atoms with van der Waals surface area (Å²) in [4.78, 5) is 20.1. The number of aromatic nitrogens is 4. The van der Waals surface area contributed by atoms with Crippen molar-refractivity contribution in [1.82, 2.24) is 19.1 Å². The lowest BCUT2D eigenvalue weighted by Crippen LogP contribution is -2.18. The maximum atomic E-state index is 14.1. The van der Waals surface area contributed by atoms with Crippen LogP contribution >= 0.6 is 0 Å². The molecule has 0 aliphatic carbocycles. The molecule has 0 radical (unpaired) electrons. The van der Waals surface area contributed by atoms with Gasteiger partial charge in [-0.3, -0.25) is 4.79 Å². The van der Waals surface area contributed by atoms with Crippen LogP contribution in [0.25, 0.3) is 33.1 Å². The van der Waals surface area contributed by atoms with E-state index in [-0.39, 0.29) is 29.8 Å². The Kier molecular flexibility index (Phi) is 6.38. The first-order valence-electron chi connectivity index (χ1n) is 11.8. The summed E-state index contributed by atoms with van der Waals surface area (Å²) in [7, 11) is -2.21. The van der Waals surface area contributed by atoms with Crippen LogP contribution in [0.4, 0.5) is 17.6 Å². The summed E-state index contributed by atoms with van der Waals surface area (Å²) < 4.78 is 80.7. The minimum absolute atomic E-state index is 0.0276. The average molecular weight is 562 g/mol. The monoisotopic (exact) mass is 561 g/mol. The van der Waals surface area contributed by atoms with E-state index in [4.69, 9.17) is 5.14 Å². The molecule has 13 heteroatoms. The normalized spacial score (nSPS) is 12.6. The van der Waals surface area contributed by atoms with Gasteiger partial charge < -0.3 is 14.1 Å². The number of alkyl halides is 3. The molecule has 8 nitrogen and oxygen atoms in total. The molecule has 3 N–H and O–H groups in total. The molecular weight excluding hydrogens is 538 g/mol. The first-order valence-corrected chi connectivity index (χ1v) is 13.5. The van der Waals surface area contributed by atoms with E-state index in [1.807, 2.05) is 0 Å². The number of H-pyrrole nitrogens is 1. The largest absolute Gasteiger partial charge is 0.416 e. The number of hydrogen-bond acceptors (Lipinski definition) is 4. The second kappa shape index (κ2) is 9.35. The minimum Gasteiger partial charge on any atom is -0.357 e. The van der Waals surface area contributed by atoms with Gasteiger partial charge >= 0.3 is 6.18 Å². The van der Waals surface area contributed by atoms with Crippen molar-refractivity contribution in [1.29, 1.82) is 0 Å². The fourth-order valence-corrected chi connectivity index (χ4v) is 5.30. The Morgan fingerprint density at radius 3 is 2.56 bits per heavy atom. The molecule has 5 aromatic rings. The Hall–Kier alpha value is -3.97. The van der Waals surface area contributed by atoms with Crippen LogP contribution in [-0.2, 0) is 36.2 Å². The van der Waals surface area contributed by atoms with E-state index < -0.39 is 27.6 Å². The van der Waals surface area contributed by atoms with Crippen molar-refractivity contribution in [3.63, 3.8) is 0 Å². The number of halogens is 4. The van der Waals surface area contributed by atoms with E-state index in [1.54, 1.807) is 49.1 Å². The molecule has 0 amide bonds. The molecule has 0 aliphatic heterocycles. The van der Waals surface area contributed by atoms with E-state index in [0.29, 0.717) is 50.5 Å². The highest BCUT2D eigenvalue weighted by atomic mass is 32.2. The van der Waals surface area contributed by atoms with E-state index in [9.17, 15) is 30.8 Å². The van der Waals surface area contributed by atoms with Gasteiger partial charge in [0.15, 0.2) is 0 Å². The fraction of sp³-hybridized carbons (Fsp3) is 0.231. The Labute approximate surface area is 219 Å². The number of nitrogens with zero attached hydrogens (tertiary/aromatic N) is 3. The first-order chi connectivity index (χ1) is 18.2. The molecular formula is C26H23F4N5O3S. The van der Waals surface area contributed by atoms with Crippen LogP contribution in [0, 0.1) is 12.7 Å². The van der Waals surface area contributed by atoms with Crippen molar-refractivity contribution >= 4 is 32.0 Å². The summed E-state index contributed by atoms with van der Waals surface area (Å²) in [6, 6.07) is 7.63. The highest BCUT2D eigenvalue weighted by molar-refractivity contribution is 7.89. The van der Waals surface area contributed by atoms with Crippen LogP contribution in [0.2, 0.25) is 0 Å². The fourth-order valence-electron chi connectivity index (χ4n) is 4.79. The van der Waals surface area contributed by atoms with Crippen LogP contribution in [0.3, 0.4) is 0 Å². The van der Waals surface area contributed by atoms with Crippen LogP contribution in [-0.4, -0.2) is 33.3 Å². The lowest BCUT2D eigenvalue weighted by atomic mass is 9.99. The van der Waals surface area contributed by atoms with Gasteiger partial charge in [0.25, 0.3) is 5.56 Å². The number of aryl methyl sites for hydroxylation is 3. The molecule has 0 aliphatic rings. The molecule has 2 aromatic carbocycles. The maximum absolute atomic E-state index is 14.1. The predicted octanol–water partition coefficient (Wildman–Crippen LogP) is 4.23. The van der Waals surface area contributed by atoms with Crippen LogP contribution < -0.4 is 10.7 Å². The second-order valence-corrected chi connectivity index (χ2v) is 11.2. The van der Waals surface area contributed by atoms with E-state index in [0.717, 1.165) is 12.1 Å². The van der Waals surface area contributed by atoms with Gasteiger partial charge in [-0.1, -0.05) is 0 Å². The van der Waals surface area contributed by atoms with Gasteiger partial charge in [0.05, 0.1) is 22.3 Å². The standard InChI is InChI=1S/C26H23F4N5O3S/c1-14-33-23-16(4-6-39(31,37)38)9-17(21-13-34(2)25(36)24-20(21)3-5-32-24)10-22(23)35(14)12-15-7-18(26(28,29)30)11-19(27)8-15/h3,5,7-11,13,32H,4,6,12H2,1-2H3,(H2,31,37,38). The number of imidazole rings is 1. The summed E-state index contributed by atoms with van der Waals surface area (Å²) in [5.41, 5.74) is 1.92. The molecule has 0 atom stereocenters. The SMILES string of the molecule is Cc1nc2c(CCS(N)(=O)=O)cc(-c3cn(C)c(=O)c4[nH]ccc34)cc2n1Cc1cc(F)cc(C(F)(F)F)c1. The number of rotatable bonds is 6. The third-order valence-electron chi connectivity index (χ3n) is 6.61. The summed E-state index contributed by atoms with van der Waals surface area (Å²) in [6.07, 6.45) is -1.41. The third kappa shape index (κ3) is 5.19. The Morgan fingerprint density at radius 1 is 1.13 bits per heavy atom. The number of aromatic amines is 1. The van der Waals surface area contributed by atoms with E-state index >= 15 is 0 Å². The van der Waals surface area contributed by atoms with Crippen LogP contribution in [0.15, 0.2) is 53.6 Å². The zero-order valence-corrected chi connectivity index (χ0v) is 21.6. The van der Waals surface area contributed by atoms with E-state index in [1.165, 1.54) is 4.57 Å². The number of nitrogens with one attached hydrogen (secondary N) is 1. The van der Waals surface area contributed by atoms with Gasteiger partial charge in [-0.2, -0.15) is 13.2 Å². The number of sulfonamides is 1. The van der Waals surface area contributed by atoms with Gasteiger partial charge in [-0.05, 0) is 66.4 Å². The third-order valence-corrected chi connectivity index (χ3v) is 7.38. The second-order valence-electron chi connectivity index (χ2n) is 9.44. The quantitative estimate of drug-likeness (QED) is 0.302. The maximum Gasteiger partial charge on any atom is 0.416 e. The van der Waals surface area contributed by atoms with Crippen molar-refractivity contribution in [3.8, 4) is 11.1 Å². The highest BCUT2D eigenvalue weighted by Crippen LogP contribution is 2.34. The Balaban J connectivity index is 1.73. The van der Waals surface area contributed by atoms with Gasteiger partial charge in [-0.25, -0.2) is 22.9 Å². The van der Waals surface area contributed by atoms with Gasteiger partial charge in [0, 0.05) is 36.9 Å². The molecule has 3 aromatic heterocycles. The van der Waals surface area contributed by atoms with Crippen molar-refractivity contribution in [2.75, 3.05) is 5.75 Å². The van der Waals surface area contributed by atoms with Crippen LogP contribution in [0.5, 0.6) is 0 Å². The molecule has 0 fully saturated rings. The number of benzene rings is 2. The topological polar surface area (TPSA) is 116 Å². The molecule has 0 bridgehead atoms.